The minimum atomic E-state index is -3.64. The molecule has 1 fully saturated rings. The SMILES string of the molecule is CCNC(=O)N1CCN(C(=O)c2cccc(CS(N)(=O)=O)c2)CC1. The monoisotopic (exact) mass is 354 g/mol. The second-order valence-corrected chi connectivity index (χ2v) is 7.24. The first-order valence-electron chi connectivity index (χ1n) is 7.71. The minimum Gasteiger partial charge on any atom is -0.338 e. The first kappa shape index (κ1) is 18.2. The van der Waals surface area contributed by atoms with Crippen molar-refractivity contribution in [2.24, 2.45) is 5.14 Å². The summed E-state index contributed by atoms with van der Waals surface area (Å²) >= 11 is 0. The summed E-state index contributed by atoms with van der Waals surface area (Å²) in [7, 11) is -3.64. The van der Waals surface area contributed by atoms with Crippen LogP contribution < -0.4 is 10.5 Å². The molecular formula is C15H22N4O4S. The van der Waals surface area contributed by atoms with Gasteiger partial charge in [-0.3, -0.25) is 4.79 Å². The van der Waals surface area contributed by atoms with Crippen LogP contribution in [0.3, 0.4) is 0 Å². The van der Waals surface area contributed by atoms with E-state index in [4.69, 9.17) is 5.14 Å². The van der Waals surface area contributed by atoms with Crippen LogP contribution >= 0.6 is 0 Å². The fraction of sp³-hybridized carbons (Fsp3) is 0.467. The van der Waals surface area contributed by atoms with Gasteiger partial charge in [0.15, 0.2) is 0 Å². The van der Waals surface area contributed by atoms with Gasteiger partial charge in [-0.05, 0) is 24.6 Å². The third-order valence-corrected chi connectivity index (χ3v) is 4.46. The number of nitrogens with two attached hydrogens (primary N) is 1. The Morgan fingerprint density at radius 1 is 1.17 bits per heavy atom. The summed E-state index contributed by atoms with van der Waals surface area (Å²) in [6.07, 6.45) is 0. The van der Waals surface area contributed by atoms with Gasteiger partial charge in [0.25, 0.3) is 5.91 Å². The van der Waals surface area contributed by atoms with E-state index in [0.29, 0.717) is 43.9 Å². The maximum absolute atomic E-state index is 12.5. The van der Waals surface area contributed by atoms with Crippen LogP contribution in [0.1, 0.15) is 22.8 Å². The largest absolute Gasteiger partial charge is 0.338 e. The number of nitrogens with one attached hydrogen (secondary N) is 1. The van der Waals surface area contributed by atoms with Gasteiger partial charge in [-0.15, -0.1) is 0 Å². The number of carbonyl (C=O) groups excluding carboxylic acids is 2. The van der Waals surface area contributed by atoms with Crippen LogP contribution in [-0.4, -0.2) is 62.9 Å². The molecule has 0 saturated carbocycles. The quantitative estimate of drug-likeness (QED) is 0.790. The Labute approximate surface area is 141 Å². The maximum atomic E-state index is 12.5. The zero-order chi connectivity index (χ0) is 17.7. The molecule has 2 rings (SSSR count). The van der Waals surface area contributed by atoms with Crippen molar-refractivity contribution in [3.63, 3.8) is 0 Å². The number of nitrogens with zero attached hydrogens (tertiary/aromatic N) is 2. The number of urea groups is 1. The Kier molecular flexibility index (Phi) is 5.79. The molecule has 0 unspecified atom stereocenters. The summed E-state index contributed by atoms with van der Waals surface area (Å²) in [6, 6.07) is 6.32. The lowest BCUT2D eigenvalue weighted by Gasteiger charge is -2.34. The molecule has 9 heteroatoms. The second kappa shape index (κ2) is 7.63. The van der Waals surface area contributed by atoms with E-state index in [2.05, 4.69) is 5.32 Å². The molecule has 1 saturated heterocycles. The fourth-order valence-electron chi connectivity index (χ4n) is 2.58. The molecule has 0 atom stereocenters. The van der Waals surface area contributed by atoms with Crippen LogP contribution in [-0.2, 0) is 15.8 Å². The molecule has 3 N–H and O–H groups in total. The highest BCUT2D eigenvalue weighted by molar-refractivity contribution is 7.88. The number of rotatable bonds is 4. The summed E-state index contributed by atoms with van der Waals surface area (Å²) in [6.45, 7) is 4.23. The highest BCUT2D eigenvalue weighted by Crippen LogP contribution is 2.12. The van der Waals surface area contributed by atoms with Crippen LogP contribution in [0.5, 0.6) is 0 Å². The van der Waals surface area contributed by atoms with Crippen molar-refractivity contribution < 1.29 is 18.0 Å². The lowest BCUT2D eigenvalue weighted by molar-refractivity contribution is 0.0665. The predicted molar refractivity (Wildman–Crippen MR) is 89.8 cm³/mol. The minimum absolute atomic E-state index is 0.125. The van der Waals surface area contributed by atoms with E-state index in [-0.39, 0.29) is 17.7 Å². The standard InChI is InChI=1S/C15H22N4O4S/c1-2-17-15(21)19-8-6-18(7-9-19)14(20)13-5-3-4-12(10-13)11-24(16,22)23/h3-5,10H,2,6-9,11H2,1H3,(H,17,21)(H2,16,22,23). The zero-order valence-corrected chi connectivity index (χ0v) is 14.4. The molecule has 24 heavy (non-hydrogen) atoms. The Morgan fingerprint density at radius 3 is 2.38 bits per heavy atom. The van der Waals surface area contributed by atoms with Gasteiger partial charge in [-0.2, -0.15) is 0 Å². The van der Waals surface area contributed by atoms with E-state index in [0.717, 1.165) is 0 Å². The van der Waals surface area contributed by atoms with E-state index in [9.17, 15) is 18.0 Å². The van der Waals surface area contributed by atoms with Gasteiger partial charge in [0, 0.05) is 38.3 Å². The number of hydrogen-bond acceptors (Lipinski definition) is 4. The third-order valence-electron chi connectivity index (χ3n) is 3.72. The van der Waals surface area contributed by atoms with Crippen LogP contribution in [0.25, 0.3) is 0 Å². The highest BCUT2D eigenvalue weighted by atomic mass is 32.2. The molecule has 0 radical (unpaired) electrons. The fourth-order valence-corrected chi connectivity index (χ4v) is 3.23. The molecule has 3 amide bonds. The van der Waals surface area contributed by atoms with E-state index >= 15 is 0 Å². The van der Waals surface area contributed by atoms with E-state index in [1.54, 1.807) is 34.1 Å². The van der Waals surface area contributed by atoms with Crippen molar-refractivity contribution in [2.45, 2.75) is 12.7 Å². The average Bonchev–Trinajstić information content (AvgIpc) is 2.53. The van der Waals surface area contributed by atoms with E-state index < -0.39 is 10.0 Å². The molecule has 0 bridgehead atoms. The van der Waals surface area contributed by atoms with E-state index in [1.165, 1.54) is 0 Å². The zero-order valence-electron chi connectivity index (χ0n) is 13.6. The van der Waals surface area contributed by atoms with Gasteiger partial charge < -0.3 is 15.1 Å². The Balaban J connectivity index is 2.00. The molecule has 1 aromatic rings. The topological polar surface area (TPSA) is 113 Å². The summed E-state index contributed by atoms with van der Waals surface area (Å²) in [5.41, 5.74) is 0.895. The summed E-state index contributed by atoms with van der Waals surface area (Å²) in [5.74, 6) is -0.485. The number of piperazine rings is 1. The molecule has 8 nitrogen and oxygen atoms in total. The number of amides is 3. The predicted octanol–water partition coefficient (Wildman–Crippen LogP) is -0.0376. The maximum Gasteiger partial charge on any atom is 0.317 e. The van der Waals surface area contributed by atoms with Crippen LogP contribution in [0, 0.1) is 0 Å². The molecule has 0 aliphatic carbocycles. The summed E-state index contributed by atoms with van der Waals surface area (Å²) in [4.78, 5) is 27.6. The number of sulfonamides is 1. The van der Waals surface area contributed by atoms with Gasteiger partial charge in [-0.25, -0.2) is 18.4 Å². The van der Waals surface area contributed by atoms with Gasteiger partial charge in [0.1, 0.15) is 0 Å². The normalized spacial score (nSPS) is 15.2. The van der Waals surface area contributed by atoms with Crippen molar-refractivity contribution in [3.8, 4) is 0 Å². The van der Waals surface area contributed by atoms with Crippen molar-refractivity contribution in [1.82, 2.24) is 15.1 Å². The first-order chi connectivity index (χ1) is 11.3. The summed E-state index contributed by atoms with van der Waals surface area (Å²) < 4.78 is 22.4. The molecule has 1 aliphatic heterocycles. The van der Waals surface area contributed by atoms with Gasteiger partial charge >= 0.3 is 6.03 Å². The van der Waals surface area contributed by atoms with Crippen molar-refractivity contribution in [2.75, 3.05) is 32.7 Å². The van der Waals surface area contributed by atoms with Crippen molar-refractivity contribution in [3.05, 3.63) is 35.4 Å². The molecular weight excluding hydrogens is 332 g/mol. The third kappa shape index (κ3) is 4.93. The number of hydrogen-bond donors (Lipinski definition) is 2. The Hall–Kier alpha value is -2.13. The smallest absolute Gasteiger partial charge is 0.317 e. The van der Waals surface area contributed by atoms with Gasteiger partial charge in [0.2, 0.25) is 10.0 Å². The highest BCUT2D eigenvalue weighted by Gasteiger charge is 2.24. The number of carbonyl (C=O) groups is 2. The number of benzene rings is 1. The van der Waals surface area contributed by atoms with Crippen LogP contribution in [0.2, 0.25) is 0 Å². The number of primary sulfonamides is 1. The van der Waals surface area contributed by atoms with Crippen molar-refractivity contribution in [1.29, 1.82) is 0 Å². The lowest BCUT2D eigenvalue weighted by Crippen LogP contribution is -2.53. The van der Waals surface area contributed by atoms with Crippen LogP contribution in [0.15, 0.2) is 24.3 Å². The molecule has 1 heterocycles. The van der Waals surface area contributed by atoms with Crippen LogP contribution in [0.4, 0.5) is 4.79 Å². The first-order valence-corrected chi connectivity index (χ1v) is 9.43. The molecule has 0 spiro atoms. The molecule has 1 aliphatic rings. The van der Waals surface area contributed by atoms with Gasteiger partial charge in [-0.1, -0.05) is 12.1 Å². The Bertz CT molecular complexity index is 712. The van der Waals surface area contributed by atoms with E-state index in [1.807, 2.05) is 6.92 Å². The van der Waals surface area contributed by atoms with Crippen molar-refractivity contribution >= 4 is 22.0 Å². The summed E-state index contributed by atoms with van der Waals surface area (Å²) in [5, 5.41) is 7.77. The van der Waals surface area contributed by atoms with Gasteiger partial charge in [0.05, 0.1) is 5.75 Å². The second-order valence-electron chi connectivity index (χ2n) is 5.62. The lowest BCUT2D eigenvalue weighted by atomic mass is 10.1. The average molecular weight is 354 g/mol. The molecule has 0 aromatic heterocycles. The molecule has 132 valence electrons. The molecule has 1 aromatic carbocycles. The Morgan fingerprint density at radius 2 is 1.79 bits per heavy atom.